The summed E-state index contributed by atoms with van der Waals surface area (Å²) in [5.41, 5.74) is 11.1. The molecule has 0 saturated carbocycles. The highest BCUT2D eigenvalue weighted by molar-refractivity contribution is 6.17. The number of para-hydroxylation sites is 3. The van der Waals surface area contributed by atoms with Gasteiger partial charge in [-0.25, -0.2) is 9.97 Å². The Morgan fingerprint density at radius 1 is 0.458 bits per heavy atom. The third-order valence-corrected chi connectivity index (χ3v) is 9.40. The minimum atomic E-state index is 0.662. The second-order valence-corrected chi connectivity index (χ2v) is 12.2. The summed E-state index contributed by atoms with van der Waals surface area (Å²) in [4.78, 5) is 10.5. The molecule has 7 aromatic carbocycles. The molecule has 0 aliphatic rings. The molecule has 4 heteroatoms. The van der Waals surface area contributed by atoms with E-state index >= 15 is 0 Å². The maximum Gasteiger partial charge on any atom is 0.161 e. The molecule has 0 bridgehead atoms. The maximum atomic E-state index is 6.48. The Balaban J connectivity index is 1.22. The van der Waals surface area contributed by atoms with Crippen molar-refractivity contribution in [2.24, 2.45) is 0 Å². The lowest BCUT2D eigenvalue weighted by molar-refractivity contribution is 0.671. The van der Waals surface area contributed by atoms with Gasteiger partial charge in [0, 0.05) is 43.7 Å². The standard InChI is InChI=1S/C44H27N3O/c1-3-13-28(14-4-1)41-36-26-25-34-33-19-8-10-24-39(33)48-43(34)42(36)46-44(45-41)30-16-11-15-29(27-30)32-21-12-23-38-40(32)35-20-7-9-22-37(35)47(38)31-17-5-2-6-18-31/h1-27H. The first kappa shape index (κ1) is 26.7. The van der Waals surface area contributed by atoms with Gasteiger partial charge in [0.1, 0.15) is 11.1 Å². The normalized spacial score (nSPS) is 11.8. The van der Waals surface area contributed by atoms with E-state index in [-0.39, 0.29) is 0 Å². The fourth-order valence-electron chi connectivity index (χ4n) is 7.26. The zero-order valence-corrected chi connectivity index (χ0v) is 25.8. The molecule has 4 nitrogen and oxygen atoms in total. The summed E-state index contributed by atoms with van der Waals surface area (Å²) in [6, 6.07) is 57.2. The quantitative estimate of drug-likeness (QED) is 0.198. The van der Waals surface area contributed by atoms with Crippen LogP contribution in [-0.4, -0.2) is 14.5 Å². The average molecular weight is 614 g/mol. The van der Waals surface area contributed by atoms with Gasteiger partial charge in [-0.3, -0.25) is 0 Å². The number of benzene rings is 7. The van der Waals surface area contributed by atoms with Crippen molar-refractivity contribution < 1.29 is 4.42 Å². The molecule has 0 saturated heterocycles. The van der Waals surface area contributed by atoms with E-state index in [2.05, 4.69) is 144 Å². The number of hydrogen-bond donors (Lipinski definition) is 0. The van der Waals surface area contributed by atoms with Crippen LogP contribution in [0.3, 0.4) is 0 Å². The zero-order valence-electron chi connectivity index (χ0n) is 25.8. The molecule has 3 aromatic heterocycles. The summed E-state index contributed by atoms with van der Waals surface area (Å²) >= 11 is 0. The first-order chi connectivity index (χ1) is 23.8. The topological polar surface area (TPSA) is 43.9 Å². The molecule has 0 fully saturated rings. The molecule has 0 aliphatic carbocycles. The van der Waals surface area contributed by atoms with Gasteiger partial charge >= 0.3 is 0 Å². The van der Waals surface area contributed by atoms with Crippen molar-refractivity contribution in [2.75, 3.05) is 0 Å². The summed E-state index contributed by atoms with van der Waals surface area (Å²) in [6.45, 7) is 0. The van der Waals surface area contributed by atoms with Crippen LogP contribution in [0.1, 0.15) is 0 Å². The lowest BCUT2D eigenvalue weighted by Crippen LogP contribution is -1.96. The van der Waals surface area contributed by atoms with Crippen LogP contribution in [0.5, 0.6) is 0 Å². The van der Waals surface area contributed by atoms with Crippen LogP contribution in [0.4, 0.5) is 0 Å². The number of aromatic nitrogens is 3. The third-order valence-electron chi connectivity index (χ3n) is 9.40. The number of fused-ring (bicyclic) bond motifs is 8. The van der Waals surface area contributed by atoms with Gasteiger partial charge < -0.3 is 8.98 Å². The van der Waals surface area contributed by atoms with Crippen molar-refractivity contribution in [3.8, 4) is 39.5 Å². The summed E-state index contributed by atoms with van der Waals surface area (Å²) < 4.78 is 8.83. The number of nitrogens with zero attached hydrogens (tertiary/aromatic N) is 3. The maximum absolute atomic E-state index is 6.48. The van der Waals surface area contributed by atoms with E-state index in [1.165, 1.54) is 27.4 Å². The Bertz CT molecular complexity index is 2830. The van der Waals surface area contributed by atoms with E-state index in [1.807, 2.05) is 24.3 Å². The van der Waals surface area contributed by atoms with E-state index in [1.54, 1.807) is 0 Å². The van der Waals surface area contributed by atoms with Crippen molar-refractivity contribution in [3.05, 3.63) is 164 Å². The Labute approximate surface area is 276 Å². The van der Waals surface area contributed by atoms with Gasteiger partial charge in [0.2, 0.25) is 0 Å². The van der Waals surface area contributed by atoms with Gasteiger partial charge in [0.25, 0.3) is 0 Å². The number of furan rings is 1. The highest BCUT2D eigenvalue weighted by Crippen LogP contribution is 2.41. The van der Waals surface area contributed by atoms with Crippen LogP contribution in [0, 0.1) is 0 Å². The molecule has 0 aliphatic heterocycles. The van der Waals surface area contributed by atoms with Gasteiger partial charge in [-0.15, -0.1) is 0 Å². The molecule has 0 spiro atoms. The minimum Gasteiger partial charge on any atom is -0.454 e. The third kappa shape index (κ3) is 4.03. The molecule has 224 valence electrons. The Kier molecular flexibility index (Phi) is 5.84. The second-order valence-electron chi connectivity index (χ2n) is 12.2. The SMILES string of the molecule is c1ccc(-c2nc(-c3cccc(-c4cccc5c4c4ccccc4n5-c4ccccc4)c3)nc3c2ccc2c4ccccc4oc23)cc1. The molecule has 0 atom stereocenters. The van der Waals surface area contributed by atoms with Crippen LogP contribution >= 0.6 is 0 Å². The number of rotatable bonds is 4. The largest absolute Gasteiger partial charge is 0.454 e. The van der Waals surface area contributed by atoms with Gasteiger partial charge in [0.15, 0.2) is 11.4 Å². The van der Waals surface area contributed by atoms with Crippen molar-refractivity contribution in [1.29, 1.82) is 0 Å². The number of hydrogen-bond acceptors (Lipinski definition) is 3. The molecule has 0 unspecified atom stereocenters. The molecule has 0 N–H and O–H groups in total. The average Bonchev–Trinajstić information content (AvgIpc) is 3.71. The van der Waals surface area contributed by atoms with Gasteiger partial charge in [0.05, 0.1) is 16.7 Å². The molecule has 48 heavy (non-hydrogen) atoms. The molecule has 0 radical (unpaired) electrons. The lowest BCUT2D eigenvalue weighted by atomic mass is 9.97. The van der Waals surface area contributed by atoms with E-state index in [0.717, 1.165) is 60.9 Å². The van der Waals surface area contributed by atoms with Gasteiger partial charge in [-0.05, 0) is 59.7 Å². The van der Waals surface area contributed by atoms with Crippen molar-refractivity contribution in [1.82, 2.24) is 14.5 Å². The zero-order chi connectivity index (χ0) is 31.6. The first-order valence-corrected chi connectivity index (χ1v) is 16.2. The van der Waals surface area contributed by atoms with Crippen molar-refractivity contribution in [2.45, 2.75) is 0 Å². The Morgan fingerprint density at radius 3 is 2.00 bits per heavy atom. The predicted octanol–water partition coefficient (Wildman–Crippen LogP) is 11.6. The molecular weight excluding hydrogens is 587 g/mol. The fourth-order valence-corrected chi connectivity index (χ4v) is 7.26. The summed E-state index contributed by atoms with van der Waals surface area (Å²) in [5.74, 6) is 0.662. The van der Waals surface area contributed by atoms with E-state index in [0.29, 0.717) is 5.82 Å². The summed E-state index contributed by atoms with van der Waals surface area (Å²) in [6.07, 6.45) is 0. The highest BCUT2D eigenvalue weighted by atomic mass is 16.3. The van der Waals surface area contributed by atoms with Gasteiger partial charge in [-0.2, -0.15) is 0 Å². The van der Waals surface area contributed by atoms with Crippen LogP contribution in [0.25, 0.3) is 94.1 Å². The Hall–Kier alpha value is -6.52. The predicted molar refractivity (Wildman–Crippen MR) is 197 cm³/mol. The van der Waals surface area contributed by atoms with E-state index in [9.17, 15) is 0 Å². The van der Waals surface area contributed by atoms with Crippen LogP contribution in [0.15, 0.2) is 168 Å². The van der Waals surface area contributed by atoms with E-state index < -0.39 is 0 Å². The van der Waals surface area contributed by atoms with Crippen molar-refractivity contribution in [3.63, 3.8) is 0 Å². The molecule has 10 rings (SSSR count). The van der Waals surface area contributed by atoms with Crippen LogP contribution in [0.2, 0.25) is 0 Å². The smallest absolute Gasteiger partial charge is 0.161 e. The summed E-state index contributed by atoms with van der Waals surface area (Å²) in [7, 11) is 0. The lowest BCUT2D eigenvalue weighted by Gasteiger charge is -2.12. The molecular formula is C44H27N3O. The fraction of sp³-hybridized carbons (Fsp3) is 0. The van der Waals surface area contributed by atoms with Gasteiger partial charge in [-0.1, -0.05) is 115 Å². The van der Waals surface area contributed by atoms with Crippen LogP contribution < -0.4 is 0 Å². The Morgan fingerprint density at radius 2 is 1.12 bits per heavy atom. The van der Waals surface area contributed by atoms with Crippen LogP contribution in [-0.2, 0) is 0 Å². The van der Waals surface area contributed by atoms with Crippen molar-refractivity contribution >= 4 is 54.6 Å². The monoisotopic (exact) mass is 613 g/mol. The molecule has 10 aromatic rings. The molecule has 0 amide bonds. The van der Waals surface area contributed by atoms with E-state index in [4.69, 9.17) is 14.4 Å². The first-order valence-electron chi connectivity index (χ1n) is 16.2. The minimum absolute atomic E-state index is 0.662. The highest BCUT2D eigenvalue weighted by Gasteiger charge is 2.19. The second kappa shape index (κ2) is 10.5. The molecule has 3 heterocycles. The summed E-state index contributed by atoms with van der Waals surface area (Å²) in [5, 5.41) is 5.55.